The summed E-state index contributed by atoms with van der Waals surface area (Å²) in [6.45, 7) is 4.07. The van der Waals surface area contributed by atoms with Crippen molar-refractivity contribution in [2.75, 3.05) is 13.1 Å². The first-order valence-corrected chi connectivity index (χ1v) is 14.2. The number of hydrogen-bond donors (Lipinski definition) is 0. The summed E-state index contributed by atoms with van der Waals surface area (Å²) >= 11 is 0. The van der Waals surface area contributed by atoms with Gasteiger partial charge in [-0.15, -0.1) is 0 Å². The fraction of sp³-hybridized carbons (Fsp3) is 0.357. The lowest BCUT2D eigenvalue weighted by molar-refractivity contribution is -0.607. The van der Waals surface area contributed by atoms with Crippen LogP contribution in [0.25, 0.3) is 11.1 Å². The molecule has 3 atom stereocenters. The van der Waals surface area contributed by atoms with E-state index < -0.39 is 28.0 Å². The summed E-state index contributed by atoms with van der Waals surface area (Å²) in [6.07, 6.45) is 6.58. The maximum absolute atomic E-state index is 14.2. The van der Waals surface area contributed by atoms with Gasteiger partial charge < -0.3 is 10.1 Å². The monoisotopic (exact) mass is 534 g/mol. The molecule has 0 saturated carbocycles. The topological polar surface area (TPSA) is 115 Å². The third-order valence-corrected chi connectivity index (χ3v) is 9.18. The molecular weight excluding hydrogens is 504 g/mol. The van der Waals surface area contributed by atoms with Gasteiger partial charge in [0, 0.05) is 30.6 Å². The van der Waals surface area contributed by atoms with Crippen molar-refractivity contribution in [1.82, 2.24) is 14.2 Å². The first-order chi connectivity index (χ1) is 18.2. The number of carbonyl (C=O) groups is 2. The molecule has 10 heteroatoms. The average Bonchev–Trinajstić information content (AvgIpc) is 3.49. The summed E-state index contributed by atoms with van der Waals surface area (Å²) in [5.41, 5.74) is 2.67. The van der Waals surface area contributed by atoms with E-state index in [2.05, 4.69) is 18.8 Å². The molecule has 0 radical (unpaired) electrons. The second kappa shape index (κ2) is 10.3. The van der Waals surface area contributed by atoms with Crippen molar-refractivity contribution in [2.24, 2.45) is 5.92 Å². The fourth-order valence-corrected chi connectivity index (χ4v) is 7.31. The van der Waals surface area contributed by atoms with Gasteiger partial charge in [-0.1, -0.05) is 44.2 Å². The highest BCUT2D eigenvalue weighted by molar-refractivity contribution is 7.89. The minimum atomic E-state index is -4.08. The summed E-state index contributed by atoms with van der Waals surface area (Å²) in [6, 6.07) is 12.7. The Labute approximate surface area is 222 Å². The number of rotatable bonds is 7. The second-order valence-corrected chi connectivity index (χ2v) is 12.2. The SMILES string of the molecule is CC(C)CC(C(=O)N1CCC2C1C(=O)CN2S(=O)(=O)c1ccc[n+]([O-])c1)c1ccccc1-c1cccnc1. The number of carbonyl (C=O) groups excluding carboxylic acids is 2. The third-order valence-electron chi connectivity index (χ3n) is 7.33. The molecule has 3 aromatic rings. The number of amides is 1. The lowest BCUT2D eigenvalue weighted by Gasteiger charge is -2.30. The minimum Gasteiger partial charge on any atom is -0.619 e. The van der Waals surface area contributed by atoms with Crippen molar-refractivity contribution < 1.29 is 22.7 Å². The van der Waals surface area contributed by atoms with Gasteiger partial charge in [-0.05, 0) is 42.0 Å². The molecule has 2 fully saturated rings. The molecule has 2 aliphatic rings. The van der Waals surface area contributed by atoms with Gasteiger partial charge in [0.15, 0.2) is 18.2 Å². The number of hydrogen-bond acceptors (Lipinski definition) is 6. The van der Waals surface area contributed by atoms with Crippen molar-refractivity contribution in [1.29, 1.82) is 0 Å². The van der Waals surface area contributed by atoms with Gasteiger partial charge in [0.1, 0.15) is 10.9 Å². The Kier molecular flexibility index (Phi) is 7.02. The molecule has 2 saturated heterocycles. The Morgan fingerprint density at radius 3 is 2.66 bits per heavy atom. The van der Waals surface area contributed by atoms with Crippen LogP contribution >= 0.6 is 0 Å². The Bertz CT molecular complexity index is 1460. The van der Waals surface area contributed by atoms with Crippen LogP contribution in [0.1, 0.15) is 38.2 Å². The molecule has 3 unspecified atom stereocenters. The first-order valence-electron chi connectivity index (χ1n) is 12.7. The van der Waals surface area contributed by atoms with E-state index >= 15 is 0 Å². The van der Waals surface area contributed by atoms with Crippen molar-refractivity contribution in [2.45, 2.75) is 49.6 Å². The number of ketones is 1. The quantitative estimate of drug-likeness (QED) is 0.340. The van der Waals surface area contributed by atoms with E-state index in [4.69, 9.17) is 0 Å². The van der Waals surface area contributed by atoms with Gasteiger partial charge in [0.2, 0.25) is 15.9 Å². The van der Waals surface area contributed by atoms with Crippen LogP contribution in [-0.4, -0.2) is 59.5 Å². The summed E-state index contributed by atoms with van der Waals surface area (Å²) in [4.78, 5) is 33.0. The standard InChI is InChI=1S/C28H30N4O5S/c1-19(2)15-24(23-10-4-3-9-22(23)20-7-5-12-29-16-20)28(34)31-14-11-25-27(31)26(33)18-32(25)38(36,37)21-8-6-13-30(35)17-21/h3-10,12-13,16-17,19,24-25,27H,11,14-15,18H2,1-2H3. The number of benzene rings is 1. The van der Waals surface area contributed by atoms with Gasteiger partial charge in [0.25, 0.3) is 0 Å². The smallest absolute Gasteiger partial charge is 0.249 e. The Hall–Kier alpha value is -3.63. The van der Waals surface area contributed by atoms with Crippen LogP contribution in [0.5, 0.6) is 0 Å². The van der Waals surface area contributed by atoms with Crippen LogP contribution in [0, 0.1) is 11.1 Å². The van der Waals surface area contributed by atoms with Crippen LogP contribution in [0.2, 0.25) is 0 Å². The number of nitrogens with zero attached hydrogens (tertiary/aromatic N) is 4. The fourth-order valence-electron chi connectivity index (χ4n) is 5.68. The molecule has 4 heterocycles. The molecule has 9 nitrogen and oxygen atoms in total. The van der Waals surface area contributed by atoms with E-state index in [1.54, 1.807) is 17.3 Å². The minimum absolute atomic E-state index is 0.170. The van der Waals surface area contributed by atoms with Crippen molar-refractivity contribution in [3.05, 3.63) is 84.1 Å². The van der Waals surface area contributed by atoms with Gasteiger partial charge in [-0.2, -0.15) is 9.04 Å². The highest BCUT2D eigenvalue weighted by Gasteiger charge is 2.54. The zero-order valence-electron chi connectivity index (χ0n) is 21.3. The van der Waals surface area contributed by atoms with Gasteiger partial charge in [0.05, 0.1) is 18.5 Å². The van der Waals surface area contributed by atoms with Crippen molar-refractivity contribution in [3.63, 3.8) is 0 Å². The van der Waals surface area contributed by atoms with Crippen molar-refractivity contribution in [3.8, 4) is 11.1 Å². The molecule has 0 aliphatic carbocycles. The summed E-state index contributed by atoms with van der Waals surface area (Å²) in [5.74, 6) is -0.777. The molecule has 0 spiro atoms. The second-order valence-electron chi connectivity index (χ2n) is 10.3. The lowest BCUT2D eigenvalue weighted by Crippen LogP contribution is -2.45. The summed E-state index contributed by atoms with van der Waals surface area (Å²) in [5, 5.41) is 11.7. The molecule has 1 aromatic carbocycles. The van der Waals surface area contributed by atoms with E-state index in [1.165, 1.54) is 18.3 Å². The van der Waals surface area contributed by atoms with E-state index in [0.29, 0.717) is 17.6 Å². The number of sulfonamides is 1. The largest absolute Gasteiger partial charge is 0.619 e. The van der Waals surface area contributed by atoms with Gasteiger partial charge >= 0.3 is 0 Å². The van der Waals surface area contributed by atoms with E-state index in [1.807, 2.05) is 36.4 Å². The average molecular weight is 535 g/mol. The molecular formula is C28H30N4O5S. The zero-order valence-corrected chi connectivity index (χ0v) is 22.1. The van der Waals surface area contributed by atoms with Gasteiger partial charge in [-0.25, -0.2) is 8.42 Å². The van der Waals surface area contributed by atoms with Crippen LogP contribution in [0.4, 0.5) is 0 Å². The highest BCUT2D eigenvalue weighted by Crippen LogP contribution is 2.39. The van der Waals surface area contributed by atoms with Crippen LogP contribution < -0.4 is 4.73 Å². The lowest BCUT2D eigenvalue weighted by atomic mass is 9.84. The zero-order chi connectivity index (χ0) is 27.0. The predicted octanol–water partition coefficient (Wildman–Crippen LogP) is 2.75. The van der Waals surface area contributed by atoms with Gasteiger partial charge in [-0.3, -0.25) is 14.6 Å². The maximum atomic E-state index is 14.2. The number of pyridine rings is 2. The molecule has 0 N–H and O–H groups in total. The molecule has 38 heavy (non-hydrogen) atoms. The van der Waals surface area contributed by atoms with Crippen LogP contribution in [-0.2, 0) is 19.6 Å². The first kappa shape index (κ1) is 26.0. The van der Waals surface area contributed by atoms with Crippen LogP contribution in [0.3, 0.4) is 0 Å². The Morgan fingerprint density at radius 1 is 1.16 bits per heavy atom. The normalized spacial score (nSPS) is 20.6. The Balaban J connectivity index is 1.47. The van der Waals surface area contributed by atoms with E-state index in [-0.39, 0.29) is 35.6 Å². The van der Waals surface area contributed by atoms with E-state index in [0.717, 1.165) is 27.2 Å². The Morgan fingerprint density at radius 2 is 1.95 bits per heavy atom. The highest BCUT2D eigenvalue weighted by atomic mass is 32.2. The number of aromatic nitrogens is 2. The number of likely N-dealkylation sites (tertiary alicyclic amines) is 1. The predicted molar refractivity (Wildman–Crippen MR) is 140 cm³/mol. The molecule has 1 amide bonds. The van der Waals surface area contributed by atoms with Crippen LogP contribution in [0.15, 0.2) is 78.2 Å². The number of Topliss-reactive ketones (excluding diaryl/α,β-unsaturated/α-hetero) is 1. The summed E-state index contributed by atoms with van der Waals surface area (Å²) < 4.78 is 28.3. The van der Waals surface area contributed by atoms with Crippen molar-refractivity contribution >= 4 is 21.7 Å². The molecule has 5 rings (SSSR count). The van der Waals surface area contributed by atoms with E-state index in [9.17, 15) is 23.2 Å². The third kappa shape index (κ3) is 4.69. The molecule has 2 aliphatic heterocycles. The molecule has 2 aromatic heterocycles. The molecule has 198 valence electrons. The maximum Gasteiger partial charge on any atom is 0.249 e. The molecule has 0 bridgehead atoms. The number of fused-ring (bicyclic) bond motifs is 1. The summed E-state index contributed by atoms with van der Waals surface area (Å²) in [7, 11) is -4.08.